The van der Waals surface area contributed by atoms with Crippen molar-refractivity contribution in [1.29, 1.82) is 0 Å². The van der Waals surface area contributed by atoms with Crippen LogP contribution >= 0.6 is 22.7 Å². The molecule has 0 bridgehead atoms. The number of alkyl halides is 3. The SMILES string of the molecule is CCc1cc2c(=O)n(Cc3csc(-c4ccc(C(F)(F)F)cc4)n3)cnc2s1. The largest absolute Gasteiger partial charge is 0.416 e. The zero-order valence-electron chi connectivity index (χ0n) is 14.7. The number of hydrogen-bond acceptors (Lipinski definition) is 5. The Balaban J connectivity index is 1.59. The highest BCUT2D eigenvalue weighted by Gasteiger charge is 2.30. The van der Waals surface area contributed by atoms with E-state index in [1.165, 1.54) is 45.7 Å². The first kappa shape index (κ1) is 18.8. The number of hydrogen-bond donors (Lipinski definition) is 0. The van der Waals surface area contributed by atoms with Gasteiger partial charge in [-0.05, 0) is 24.6 Å². The molecule has 28 heavy (non-hydrogen) atoms. The van der Waals surface area contributed by atoms with E-state index >= 15 is 0 Å². The maximum Gasteiger partial charge on any atom is 0.416 e. The first-order chi connectivity index (χ1) is 13.3. The van der Waals surface area contributed by atoms with Crippen LogP contribution in [0.5, 0.6) is 0 Å². The fraction of sp³-hybridized carbons (Fsp3) is 0.211. The second kappa shape index (κ2) is 7.14. The summed E-state index contributed by atoms with van der Waals surface area (Å²) in [5, 5.41) is 3.01. The van der Waals surface area contributed by atoms with Crippen molar-refractivity contribution in [2.75, 3.05) is 0 Å². The van der Waals surface area contributed by atoms with Crippen LogP contribution in [0.4, 0.5) is 13.2 Å². The number of aryl methyl sites for hydroxylation is 1. The van der Waals surface area contributed by atoms with Gasteiger partial charge >= 0.3 is 6.18 Å². The van der Waals surface area contributed by atoms with E-state index in [4.69, 9.17) is 0 Å². The second-order valence-electron chi connectivity index (χ2n) is 6.18. The van der Waals surface area contributed by atoms with E-state index in [0.29, 0.717) is 21.7 Å². The van der Waals surface area contributed by atoms with Gasteiger partial charge in [-0.25, -0.2) is 9.97 Å². The Bertz CT molecular complexity index is 1190. The summed E-state index contributed by atoms with van der Waals surface area (Å²) in [4.78, 5) is 23.3. The van der Waals surface area contributed by atoms with Gasteiger partial charge in [0.05, 0.1) is 29.5 Å². The average molecular weight is 421 g/mol. The molecular weight excluding hydrogens is 407 g/mol. The van der Waals surface area contributed by atoms with Gasteiger partial charge < -0.3 is 0 Å². The van der Waals surface area contributed by atoms with Crippen molar-refractivity contribution < 1.29 is 13.2 Å². The smallest absolute Gasteiger partial charge is 0.293 e. The summed E-state index contributed by atoms with van der Waals surface area (Å²) in [5.74, 6) is 0. The van der Waals surface area contributed by atoms with E-state index in [1.807, 2.05) is 13.0 Å². The lowest BCUT2D eigenvalue weighted by atomic mass is 10.1. The van der Waals surface area contributed by atoms with Gasteiger partial charge in [-0.1, -0.05) is 19.1 Å². The molecule has 0 amide bonds. The number of fused-ring (bicyclic) bond motifs is 1. The molecule has 0 N–H and O–H groups in total. The van der Waals surface area contributed by atoms with E-state index in [1.54, 1.807) is 5.38 Å². The summed E-state index contributed by atoms with van der Waals surface area (Å²) in [5.41, 5.74) is 0.455. The molecule has 0 unspecified atom stereocenters. The number of rotatable bonds is 4. The lowest BCUT2D eigenvalue weighted by Crippen LogP contribution is -2.20. The number of nitrogens with zero attached hydrogens (tertiary/aromatic N) is 3. The topological polar surface area (TPSA) is 47.8 Å². The Hall–Kier alpha value is -2.52. The standard InChI is InChI=1S/C19H14F3N3OS2/c1-2-14-7-15-17(28-14)23-10-25(18(15)26)8-13-9-27-16(24-13)11-3-5-12(6-4-11)19(20,21)22/h3-7,9-10H,2,8H2,1H3. The highest BCUT2D eigenvalue weighted by Crippen LogP contribution is 2.31. The molecule has 4 nitrogen and oxygen atoms in total. The van der Waals surface area contributed by atoms with Crippen LogP contribution in [0.1, 0.15) is 23.1 Å². The van der Waals surface area contributed by atoms with Crippen LogP contribution in [-0.2, 0) is 19.1 Å². The van der Waals surface area contributed by atoms with Crippen molar-refractivity contribution in [3.8, 4) is 10.6 Å². The van der Waals surface area contributed by atoms with E-state index in [-0.39, 0.29) is 12.1 Å². The summed E-state index contributed by atoms with van der Waals surface area (Å²) >= 11 is 2.84. The van der Waals surface area contributed by atoms with Gasteiger partial charge in [-0.15, -0.1) is 22.7 Å². The van der Waals surface area contributed by atoms with E-state index in [9.17, 15) is 18.0 Å². The molecule has 0 saturated heterocycles. The highest BCUT2D eigenvalue weighted by molar-refractivity contribution is 7.18. The van der Waals surface area contributed by atoms with Crippen molar-refractivity contribution in [3.05, 3.63) is 68.5 Å². The summed E-state index contributed by atoms with van der Waals surface area (Å²) in [6.07, 6.45) is -2.00. The Kier molecular flexibility index (Phi) is 4.80. The van der Waals surface area contributed by atoms with Gasteiger partial charge in [-0.3, -0.25) is 9.36 Å². The van der Waals surface area contributed by atoms with Crippen LogP contribution in [0.2, 0.25) is 0 Å². The molecule has 0 radical (unpaired) electrons. The minimum absolute atomic E-state index is 0.120. The summed E-state index contributed by atoms with van der Waals surface area (Å²) in [7, 11) is 0. The molecule has 0 atom stereocenters. The van der Waals surface area contributed by atoms with Gasteiger partial charge in [0.15, 0.2) is 0 Å². The maximum atomic E-state index is 12.7. The van der Waals surface area contributed by atoms with E-state index < -0.39 is 11.7 Å². The van der Waals surface area contributed by atoms with Crippen molar-refractivity contribution in [1.82, 2.24) is 14.5 Å². The maximum absolute atomic E-state index is 12.7. The Morgan fingerprint density at radius 2 is 1.93 bits per heavy atom. The van der Waals surface area contributed by atoms with Crippen LogP contribution in [0.15, 0.2) is 46.8 Å². The van der Waals surface area contributed by atoms with Crippen LogP contribution < -0.4 is 5.56 Å². The predicted molar refractivity (Wildman–Crippen MR) is 105 cm³/mol. The highest BCUT2D eigenvalue weighted by atomic mass is 32.1. The minimum atomic E-state index is -4.36. The van der Waals surface area contributed by atoms with Crippen molar-refractivity contribution in [3.63, 3.8) is 0 Å². The molecular formula is C19H14F3N3OS2. The minimum Gasteiger partial charge on any atom is -0.293 e. The van der Waals surface area contributed by atoms with E-state index in [0.717, 1.165) is 28.3 Å². The van der Waals surface area contributed by atoms with Crippen molar-refractivity contribution >= 4 is 32.9 Å². The monoisotopic (exact) mass is 421 g/mol. The third kappa shape index (κ3) is 3.59. The van der Waals surface area contributed by atoms with Crippen LogP contribution in [0, 0.1) is 0 Å². The molecule has 144 valence electrons. The molecule has 4 aromatic rings. The average Bonchev–Trinajstić information content (AvgIpc) is 3.31. The summed E-state index contributed by atoms with van der Waals surface area (Å²) < 4.78 is 39.6. The van der Waals surface area contributed by atoms with Gasteiger partial charge in [0, 0.05) is 15.8 Å². The molecule has 3 aromatic heterocycles. The third-order valence-corrected chi connectivity index (χ3v) is 6.39. The van der Waals surface area contributed by atoms with Gasteiger partial charge in [-0.2, -0.15) is 13.2 Å². The Labute approximate surface area is 165 Å². The molecule has 0 aliphatic rings. The number of thiophene rings is 1. The quantitative estimate of drug-likeness (QED) is 0.454. The van der Waals surface area contributed by atoms with Crippen LogP contribution in [0.25, 0.3) is 20.8 Å². The van der Waals surface area contributed by atoms with Gasteiger partial charge in [0.2, 0.25) is 0 Å². The first-order valence-electron chi connectivity index (χ1n) is 8.45. The first-order valence-corrected chi connectivity index (χ1v) is 10.1. The van der Waals surface area contributed by atoms with Gasteiger partial charge in [0.25, 0.3) is 5.56 Å². The van der Waals surface area contributed by atoms with Gasteiger partial charge in [0.1, 0.15) is 9.84 Å². The molecule has 0 aliphatic carbocycles. The predicted octanol–water partition coefficient (Wildman–Crippen LogP) is 5.21. The van der Waals surface area contributed by atoms with Crippen molar-refractivity contribution in [2.45, 2.75) is 26.1 Å². The zero-order chi connectivity index (χ0) is 19.9. The third-order valence-electron chi connectivity index (χ3n) is 4.26. The lowest BCUT2D eigenvalue weighted by molar-refractivity contribution is -0.137. The fourth-order valence-electron chi connectivity index (χ4n) is 2.79. The number of benzene rings is 1. The normalized spacial score (nSPS) is 12.0. The molecule has 0 aliphatic heterocycles. The molecule has 3 heterocycles. The van der Waals surface area contributed by atoms with Crippen LogP contribution in [0.3, 0.4) is 0 Å². The lowest BCUT2D eigenvalue weighted by Gasteiger charge is -2.06. The zero-order valence-corrected chi connectivity index (χ0v) is 16.3. The molecule has 0 fully saturated rings. The number of halogens is 3. The summed E-state index contributed by atoms with van der Waals surface area (Å²) in [6.45, 7) is 2.29. The molecule has 4 rings (SSSR count). The summed E-state index contributed by atoms with van der Waals surface area (Å²) in [6, 6.07) is 6.77. The second-order valence-corrected chi connectivity index (χ2v) is 8.16. The number of thiazole rings is 1. The Morgan fingerprint density at radius 3 is 2.61 bits per heavy atom. The molecule has 9 heteroatoms. The van der Waals surface area contributed by atoms with E-state index in [2.05, 4.69) is 9.97 Å². The Morgan fingerprint density at radius 1 is 1.18 bits per heavy atom. The molecule has 0 saturated carbocycles. The molecule has 0 spiro atoms. The molecule has 1 aromatic carbocycles. The fourth-order valence-corrected chi connectivity index (χ4v) is 4.53. The van der Waals surface area contributed by atoms with Crippen LogP contribution in [-0.4, -0.2) is 14.5 Å². The number of aromatic nitrogens is 3. The van der Waals surface area contributed by atoms with Crippen molar-refractivity contribution in [2.24, 2.45) is 0 Å².